The number of carbonyl (C=O) groups is 2. The minimum atomic E-state index is -0.110. The zero-order valence-electron chi connectivity index (χ0n) is 10.9. The molecule has 18 heavy (non-hydrogen) atoms. The van der Waals surface area contributed by atoms with Crippen LogP contribution in [0.4, 0.5) is 0 Å². The third-order valence-corrected chi connectivity index (χ3v) is 2.63. The molecule has 0 bridgehead atoms. The summed E-state index contributed by atoms with van der Waals surface area (Å²) in [6, 6.07) is 0.165. The van der Waals surface area contributed by atoms with Gasteiger partial charge in [0.25, 0.3) is 0 Å². The Morgan fingerprint density at radius 2 is 2.33 bits per heavy atom. The van der Waals surface area contributed by atoms with Crippen molar-refractivity contribution in [3.63, 3.8) is 0 Å². The van der Waals surface area contributed by atoms with Crippen LogP contribution >= 0.6 is 0 Å². The third kappa shape index (κ3) is 5.07. The van der Waals surface area contributed by atoms with Gasteiger partial charge in [0.05, 0.1) is 6.20 Å². The Morgan fingerprint density at radius 3 is 2.94 bits per heavy atom. The lowest BCUT2D eigenvalue weighted by atomic mass is 10.1. The monoisotopic (exact) mass is 252 g/mol. The fourth-order valence-electron chi connectivity index (χ4n) is 1.68. The maximum Gasteiger partial charge on any atom is 0.242 e. The van der Waals surface area contributed by atoms with Crippen molar-refractivity contribution in [3.8, 4) is 0 Å². The molecule has 100 valence electrons. The summed E-state index contributed by atoms with van der Waals surface area (Å²) in [5.74, 6) is -0.110. The summed E-state index contributed by atoms with van der Waals surface area (Å²) in [5, 5.41) is 10.2. The predicted octanol–water partition coefficient (Wildman–Crippen LogP) is 1.18. The second-order valence-electron chi connectivity index (χ2n) is 4.42. The molecular weight excluding hydrogens is 232 g/mol. The normalized spacial score (nSPS) is 12.1. The van der Waals surface area contributed by atoms with E-state index in [0.717, 1.165) is 12.8 Å². The van der Waals surface area contributed by atoms with Gasteiger partial charge in [-0.25, -0.2) is 4.68 Å². The molecule has 0 aliphatic carbocycles. The Labute approximate surface area is 107 Å². The fraction of sp³-hybridized carbons (Fsp3) is 0.667. The van der Waals surface area contributed by atoms with Crippen LogP contribution in [-0.2, 0) is 11.3 Å². The lowest BCUT2D eigenvalue weighted by Gasteiger charge is -2.13. The largest absolute Gasteiger partial charge is 0.352 e. The molecule has 1 aromatic rings. The molecule has 0 aromatic carbocycles. The van der Waals surface area contributed by atoms with Gasteiger partial charge >= 0.3 is 0 Å². The van der Waals surface area contributed by atoms with E-state index in [1.54, 1.807) is 0 Å². The molecule has 0 fully saturated rings. The number of aldehydes is 1. The van der Waals surface area contributed by atoms with Gasteiger partial charge in [-0.3, -0.25) is 9.59 Å². The topological polar surface area (TPSA) is 76.9 Å². The number of rotatable bonds is 8. The summed E-state index contributed by atoms with van der Waals surface area (Å²) in [7, 11) is 0. The molecule has 1 atom stereocenters. The van der Waals surface area contributed by atoms with E-state index in [1.165, 1.54) is 23.7 Å². The van der Waals surface area contributed by atoms with Crippen LogP contribution in [0.1, 0.15) is 50.0 Å². The predicted molar refractivity (Wildman–Crippen MR) is 67.2 cm³/mol. The SMILES string of the molecule is CCCCCC(C)NC(=O)Cn1cc(C=O)nn1. The van der Waals surface area contributed by atoms with Gasteiger partial charge < -0.3 is 5.32 Å². The van der Waals surface area contributed by atoms with Crippen molar-refractivity contribution in [3.05, 3.63) is 11.9 Å². The summed E-state index contributed by atoms with van der Waals surface area (Å²) >= 11 is 0. The molecular formula is C12H20N4O2. The number of hydrogen-bond donors (Lipinski definition) is 1. The van der Waals surface area contributed by atoms with Crippen LogP contribution in [0.5, 0.6) is 0 Å². The average molecular weight is 252 g/mol. The highest BCUT2D eigenvalue weighted by molar-refractivity contribution is 5.76. The van der Waals surface area contributed by atoms with Gasteiger partial charge in [0.15, 0.2) is 6.29 Å². The van der Waals surface area contributed by atoms with Crippen molar-refractivity contribution in [1.82, 2.24) is 20.3 Å². The Morgan fingerprint density at radius 1 is 1.56 bits per heavy atom. The van der Waals surface area contributed by atoms with Crippen molar-refractivity contribution in [2.75, 3.05) is 0 Å². The molecule has 1 heterocycles. The standard InChI is InChI=1S/C12H20N4O2/c1-3-4-5-6-10(2)13-12(18)8-16-7-11(9-17)14-15-16/h7,9-10H,3-6,8H2,1-2H3,(H,13,18). The number of hydrogen-bond acceptors (Lipinski definition) is 4. The van der Waals surface area contributed by atoms with Crippen molar-refractivity contribution >= 4 is 12.2 Å². The van der Waals surface area contributed by atoms with E-state index in [2.05, 4.69) is 22.6 Å². The van der Waals surface area contributed by atoms with Gasteiger partial charge in [-0.2, -0.15) is 0 Å². The molecule has 0 radical (unpaired) electrons. The van der Waals surface area contributed by atoms with Crippen LogP contribution in [0.2, 0.25) is 0 Å². The van der Waals surface area contributed by atoms with Crippen LogP contribution in [-0.4, -0.2) is 33.2 Å². The van der Waals surface area contributed by atoms with E-state index in [9.17, 15) is 9.59 Å². The second kappa shape index (κ2) is 7.58. The van der Waals surface area contributed by atoms with Gasteiger partial charge in [0, 0.05) is 6.04 Å². The molecule has 0 aliphatic heterocycles. The van der Waals surface area contributed by atoms with Gasteiger partial charge in [0.1, 0.15) is 12.2 Å². The quantitative estimate of drug-likeness (QED) is 0.556. The summed E-state index contributed by atoms with van der Waals surface area (Å²) in [6.45, 7) is 4.24. The number of unbranched alkanes of at least 4 members (excludes halogenated alkanes) is 2. The Balaban J connectivity index is 2.30. The highest BCUT2D eigenvalue weighted by Gasteiger charge is 2.09. The first-order valence-electron chi connectivity index (χ1n) is 6.30. The van der Waals surface area contributed by atoms with Gasteiger partial charge in [-0.15, -0.1) is 5.10 Å². The number of nitrogens with zero attached hydrogens (tertiary/aromatic N) is 3. The van der Waals surface area contributed by atoms with Crippen LogP contribution < -0.4 is 5.32 Å². The van der Waals surface area contributed by atoms with Crippen LogP contribution in [0.3, 0.4) is 0 Å². The minimum Gasteiger partial charge on any atom is -0.352 e. The first-order chi connectivity index (χ1) is 8.65. The highest BCUT2D eigenvalue weighted by Crippen LogP contribution is 2.02. The van der Waals surface area contributed by atoms with E-state index >= 15 is 0 Å². The summed E-state index contributed by atoms with van der Waals surface area (Å²) < 4.78 is 1.36. The Bertz CT molecular complexity index is 389. The van der Waals surface area contributed by atoms with E-state index in [-0.39, 0.29) is 24.2 Å². The van der Waals surface area contributed by atoms with Gasteiger partial charge in [-0.05, 0) is 13.3 Å². The molecule has 0 saturated heterocycles. The van der Waals surface area contributed by atoms with E-state index in [1.807, 2.05) is 6.92 Å². The second-order valence-corrected chi connectivity index (χ2v) is 4.42. The Kier molecular flexibility index (Phi) is 6.04. The molecule has 1 aromatic heterocycles. The summed E-state index contributed by atoms with van der Waals surface area (Å²) in [6.07, 6.45) is 6.52. The Hall–Kier alpha value is -1.72. The first kappa shape index (κ1) is 14.3. The molecule has 1 amide bonds. The molecule has 0 spiro atoms. The number of carbonyl (C=O) groups excluding carboxylic acids is 2. The van der Waals surface area contributed by atoms with E-state index < -0.39 is 0 Å². The number of amides is 1. The van der Waals surface area contributed by atoms with E-state index in [0.29, 0.717) is 6.29 Å². The highest BCUT2D eigenvalue weighted by atomic mass is 16.2. The average Bonchev–Trinajstić information content (AvgIpc) is 2.76. The molecule has 1 rings (SSSR count). The number of aromatic nitrogens is 3. The summed E-state index contributed by atoms with van der Waals surface area (Å²) in [5.41, 5.74) is 0.235. The van der Waals surface area contributed by atoms with Crippen LogP contribution in [0.15, 0.2) is 6.20 Å². The summed E-state index contributed by atoms with van der Waals surface area (Å²) in [4.78, 5) is 22.1. The smallest absolute Gasteiger partial charge is 0.242 e. The minimum absolute atomic E-state index is 0.0962. The third-order valence-electron chi connectivity index (χ3n) is 2.63. The van der Waals surface area contributed by atoms with E-state index in [4.69, 9.17) is 0 Å². The molecule has 1 N–H and O–H groups in total. The van der Waals surface area contributed by atoms with Crippen molar-refractivity contribution in [1.29, 1.82) is 0 Å². The van der Waals surface area contributed by atoms with Crippen molar-refractivity contribution in [2.24, 2.45) is 0 Å². The zero-order chi connectivity index (χ0) is 13.4. The van der Waals surface area contributed by atoms with Crippen LogP contribution in [0.25, 0.3) is 0 Å². The van der Waals surface area contributed by atoms with Gasteiger partial charge in [-0.1, -0.05) is 31.4 Å². The fourth-order valence-corrected chi connectivity index (χ4v) is 1.68. The first-order valence-corrected chi connectivity index (χ1v) is 6.30. The van der Waals surface area contributed by atoms with Crippen LogP contribution in [0, 0.1) is 0 Å². The molecule has 6 nitrogen and oxygen atoms in total. The lowest BCUT2D eigenvalue weighted by Crippen LogP contribution is -2.35. The maximum absolute atomic E-state index is 11.7. The molecule has 1 unspecified atom stereocenters. The molecule has 6 heteroatoms. The van der Waals surface area contributed by atoms with Crippen molar-refractivity contribution in [2.45, 2.75) is 52.1 Å². The number of nitrogens with one attached hydrogen (secondary N) is 1. The zero-order valence-corrected chi connectivity index (χ0v) is 10.9. The molecule has 0 saturated carbocycles. The van der Waals surface area contributed by atoms with Gasteiger partial charge in [0.2, 0.25) is 5.91 Å². The van der Waals surface area contributed by atoms with Crippen molar-refractivity contribution < 1.29 is 9.59 Å². The maximum atomic E-state index is 11.7. The molecule has 0 aliphatic rings. The lowest BCUT2D eigenvalue weighted by molar-refractivity contribution is -0.122.